The Hall–Kier alpha value is -1.18. The van der Waals surface area contributed by atoms with Crippen molar-refractivity contribution in [1.29, 1.82) is 0 Å². The molecule has 0 fully saturated rings. The second-order valence-electron chi connectivity index (χ2n) is 6.47. The van der Waals surface area contributed by atoms with Crippen molar-refractivity contribution in [2.75, 3.05) is 18.5 Å². The molecule has 1 aromatic carbocycles. The summed E-state index contributed by atoms with van der Waals surface area (Å²) in [6, 6.07) is 8.21. The van der Waals surface area contributed by atoms with Gasteiger partial charge in [-0.15, -0.1) is 0 Å². The lowest BCUT2D eigenvalue weighted by atomic mass is 9.97. The summed E-state index contributed by atoms with van der Waals surface area (Å²) in [5.74, 6) is 1.64. The molecule has 102 valence electrons. The summed E-state index contributed by atoms with van der Waals surface area (Å²) in [5, 5.41) is 3.44. The highest BCUT2D eigenvalue weighted by Crippen LogP contribution is 2.20. The first-order chi connectivity index (χ1) is 8.37. The van der Waals surface area contributed by atoms with E-state index in [2.05, 4.69) is 52.1 Å². The first-order valence-electron chi connectivity index (χ1n) is 6.83. The molecule has 18 heavy (non-hydrogen) atoms. The lowest BCUT2D eigenvalue weighted by Gasteiger charge is -2.20. The summed E-state index contributed by atoms with van der Waals surface area (Å²) in [4.78, 5) is 0. The third-order valence-electron chi connectivity index (χ3n) is 2.62. The fourth-order valence-corrected chi connectivity index (χ4v) is 1.48. The van der Waals surface area contributed by atoms with Crippen LogP contribution < -0.4 is 10.1 Å². The summed E-state index contributed by atoms with van der Waals surface area (Å²) in [5.41, 5.74) is 1.42. The van der Waals surface area contributed by atoms with Gasteiger partial charge in [-0.3, -0.25) is 0 Å². The second kappa shape index (κ2) is 6.67. The van der Waals surface area contributed by atoms with E-state index in [0.29, 0.717) is 5.92 Å². The zero-order chi connectivity index (χ0) is 13.6. The van der Waals surface area contributed by atoms with E-state index in [0.717, 1.165) is 31.0 Å². The van der Waals surface area contributed by atoms with Crippen LogP contribution in [0.4, 0.5) is 5.69 Å². The molecule has 0 aliphatic rings. The van der Waals surface area contributed by atoms with Crippen molar-refractivity contribution in [3.05, 3.63) is 24.3 Å². The van der Waals surface area contributed by atoms with Crippen molar-refractivity contribution in [2.24, 2.45) is 11.3 Å². The standard InChI is InChI=1S/C16H27NO/c1-13(2)9-10-18-15-8-6-7-14(11-15)17-12-16(3,4)5/h6-8,11,13,17H,9-10,12H2,1-5H3. The molecule has 1 aromatic rings. The maximum atomic E-state index is 5.75. The number of hydrogen-bond donors (Lipinski definition) is 1. The van der Waals surface area contributed by atoms with Crippen molar-refractivity contribution in [1.82, 2.24) is 0 Å². The number of anilines is 1. The molecule has 0 bridgehead atoms. The highest BCUT2D eigenvalue weighted by atomic mass is 16.5. The van der Waals surface area contributed by atoms with E-state index >= 15 is 0 Å². The molecular weight excluding hydrogens is 222 g/mol. The Morgan fingerprint density at radius 1 is 1.22 bits per heavy atom. The van der Waals surface area contributed by atoms with Gasteiger partial charge in [0.15, 0.2) is 0 Å². The first-order valence-corrected chi connectivity index (χ1v) is 6.83. The molecular formula is C16H27NO. The SMILES string of the molecule is CC(C)CCOc1cccc(NCC(C)(C)C)c1. The lowest BCUT2D eigenvalue weighted by Crippen LogP contribution is -2.18. The Morgan fingerprint density at radius 3 is 2.56 bits per heavy atom. The lowest BCUT2D eigenvalue weighted by molar-refractivity contribution is 0.289. The fourth-order valence-electron chi connectivity index (χ4n) is 1.48. The molecule has 1 N–H and O–H groups in total. The average molecular weight is 249 g/mol. The smallest absolute Gasteiger partial charge is 0.121 e. The third-order valence-corrected chi connectivity index (χ3v) is 2.62. The van der Waals surface area contributed by atoms with E-state index < -0.39 is 0 Å². The summed E-state index contributed by atoms with van der Waals surface area (Å²) in [7, 11) is 0. The summed E-state index contributed by atoms with van der Waals surface area (Å²) in [6.45, 7) is 12.9. The van der Waals surface area contributed by atoms with Gasteiger partial charge in [-0.1, -0.05) is 40.7 Å². The van der Waals surface area contributed by atoms with Crippen LogP contribution in [0.3, 0.4) is 0 Å². The maximum Gasteiger partial charge on any atom is 0.121 e. The summed E-state index contributed by atoms with van der Waals surface area (Å²) < 4.78 is 5.75. The molecule has 0 atom stereocenters. The van der Waals surface area contributed by atoms with Gasteiger partial charge in [0.25, 0.3) is 0 Å². The molecule has 0 aliphatic carbocycles. The monoisotopic (exact) mass is 249 g/mol. The minimum absolute atomic E-state index is 0.286. The molecule has 0 saturated carbocycles. The van der Waals surface area contributed by atoms with Crippen LogP contribution in [0.2, 0.25) is 0 Å². The van der Waals surface area contributed by atoms with Gasteiger partial charge >= 0.3 is 0 Å². The zero-order valence-corrected chi connectivity index (χ0v) is 12.4. The van der Waals surface area contributed by atoms with Crippen molar-refractivity contribution < 1.29 is 4.74 Å². The van der Waals surface area contributed by atoms with Crippen molar-refractivity contribution in [3.8, 4) is 5.75 Å². The van der Waals surface area contributed by atoms with E-state index in [1.165, 1.54) is 0 Å². The van der Waals surface area contributed by atoms with Crippen LogP contribution in [-0.4, -0.2) is 13.2 Å². The second-order valence-corrected chi connectivity index (χ2v) is 6.47. The predicted octanol–water partition coefficient (Wildman–Crippen LogP) is 4.57. The highest BCUT2D eigenvalue weighted by Gasteiger charge is 2.09. The van der Waals surface area contributed by atoms with E-state index in [4.69, 9.17) is 4.74 Å². The van der Waals surface area contributed by atoms with Crippen molar-refractivity contribution >= 4 is 5.69 Å². The predicted molar refractivity (Wildman–Crippen MR) is 79.3 cm³/mol. The maximum absolute atomic E-state index is 5.75. The normalized spacial score (nSPS) is 11.7. The topological polar surface area (TPSA) is 21.3 Å². The van der Waals surface area contributed by atoms with E-state index in [1.807, 2.05) is 12.1 Å². The minimum Gasteiger partial charge on any atom is -0.494 e. The Labute approximate surface area is 112 Å². The van der Waals surface area contributed by atoms with Crippen molar-refractivity contribution in [2.45, 2.75) is 41.0 Å². The van der Waals surface area contributed by atoms with Crippen LogP contribution in [-0.2, 0) is 0 Å². The molecule has 0 unspecified atom stereocenters. The van der Waals surface area contributed by atoms with Gasteiger partial charge in [0.05, 0.1) is 6.61 Å². The number of ether oxygens (including phenoxy) is 1. The number of hydrogen-bond acceptors (Lipinski definition) is 2. The number of rotatable bonds is 6. The molecule has 0 amide bonds. The van der Waals surface area contributed by atoms with Crippen LogP contribution in [0.25, 0.3) is 0 Å². The van der Waals surface area contributed by atoms with Crippen molar-refractivity contribution in [3.63, 3.8) is 0 Å². The fraction of sp³-hybridized carbons (Fsp3) is 0.625. The minimum atomic E-state index is 0.286. The van der Waals surface area contributed by atoms with Crippen LogP contribution in [0.5, 0.6) is 5.75 Å². The van der Waals surface area contributed by atoms with Gasteiger partial charge in [-0.2, -0.15) is 0 Å². The van der Waals surface area contributed by atoms with Gasteiger partial charge in [-0.05, 0) is 29.9 Å². The van der Waals surface area contributed by atoms with Gasteiger partial charge in [0, 0.05) is 18.3 Å². The van der Waals surface area contributed by atoms with E-state index in [9.17, 15) is 0 Å². The summed E-state index contributed by atoms with van der Waals surface area (Å²) >= 11 is 0. The molecule has 0 saturated heterocycles. The van der Waals surface area contributed by atoms with Crippen LogP contribution >= 0.6 is 0 Å². The molecule has 0 aromatic heterocycles. The van der Waals surface area contributed by atoms with E-state index in [-0.39, 0.29) is 5.41 Å². The Kier molecular flexibility index (Phi) is 5.52. The Bertz CT molecular complexity index is 352. The average Bonchev–Trinajstić information content (AvgIpc) is 2.26. The number of benzene rings is 1. The Balaban J connectivity index is 2.46. The van der Waals surface area contributed by atoms with Crippen LogP contribution in [0.1, 0.15) is 41.0 Å². The van der Waals surface area contributed by atoms with Crippen LogP contribution in [0, 0.1) is 11.3 Å². The number of nitrogens with one attached hydrogen (secondary N) is 1. The molecule has 2 heteroatoms. The molecule has 0 aliphatic heterocycles. The van der Waals surface area contributed by atoms with Gasteiger partial charge < -0.3 is 10.1 Å². The summed E-state index contributed by atoms with van der Waals surface area (Å²) in [6.07, 6.45) is 1.10. The molecule has 0 heterocycles. The van der Waals surface area contributed by atoms with Gasteiger partial charge in [0.1, 0.15) is 5.75 Å². The first kappa shape index (κ1) is 14.9. The highest BCUT2D eigenvalue weighted by molar-refractivity contribution is 5.48. The third kappa shape index (κ3) is 6.53. The van der Waals surface area contributed by atoms with Crippen LogP contribution in [0.15, 0.2) is 24.3 Å². The van der Waals surface area contributed by atoms with E-state index in [1.54, 1.807) is 0 Å². The molecule has 0 radical (unpaired) electrons. The Morgan fingerprint density at radius 2 is 1.94 bits per heavy atom. The van der Waals surface area contributed by atoms with Gasteiger partial charge in [-0.25, -0.2) is 0 Å². The largest absolute Gasteiger partial charge is 0.494 e. The molecule has 0 spiro atoms. The quantitative estimate of drug-likeness (QED) is 0.797. The molecule has 1 rings (SSSR count). The zero-order valence-electron chi connectivity index (χ0n) is 12.4. The molecule has 2 nitrogen and oxygen atoms in total. The van der Waals surface area contributed by atoms with Gasteiger partial charge in [0.2, 0.25) is 0 Å².